The molecule has 0 spiro atoms. The van der Waals surface area contributed by atoms with Crippen molar-refractivity contribution in [2.75, 3.05) is 18.4 Å². The summed E-state index contributed by atoms with van der Waals surface area (Å²) in [6.45, 7) is 1.91. The van der Waals surface area contributed by atoms with Gasteiger partial charge >= 0.3 is 0 Å². The number of anilines is 1. The third-order valence-electron chi connectivity index (χ3n) is 4.49. The molecule has 1 atom stereocenters. The van der Waals surface area contributed by atoms with Crippen LogP contribution in [0.5, 0.6) is 11.5 Å². The topological polar surface area (TPSA) is 81.1 Å². The maximum atomic E-state index is 12.6. The minimum atomic E-state index is -0.288. The lowest BCUT2D eigenvalue weighted by Crippen LogP contribution is -2.32. The van der Waals surface area contributed by atoms with Crippen LogP contribution in [0.1, 0.15) is 29.4 Å². The lowest BCUT2D eigenvalue weighted by atomic mass is 10.1. The molecule has 0 saturated carbocycles. The highest BCUT2D eigenvalue weighted by Crippen LogP contribution is 2.28. The number of pyridine rings is 1. The summed E-state index contributed by atoms with van der Waals surface area (Å²) in [6, 6.07) is 13.1. The van der Waals surface area contributed by atoms with Crippen LogP contribution in [0, 0.1) is 0 Å². The van der Waals surface area contributed by atoms with E-state index in [9.17, 15) is 4.79 Å². The molecule has 3 aromatic rings. The first-order valence-corrected chi connectivity index (χ1v) is 9.04. The summed E-state index contributed by atoms with van der Waals surface area (Å²) < 4.78 is 7.72. The van der Waals surface area contributed by atoms with Crippen molar-refractivity contribution in [3.8, 4) is 11.5 Å². The number of nitrogens with one attached hydrogen (secondary N) is 2. The Labute approximate surface area is 157 Å². The number of amides is 1. The van der Waals surface area contributed by atoms with Crippen LogP contribution >= 0.6 is 0 Å². The number of rotatable bonds is 5. The van der Waals surface area contributed by atoms with Crippen LogP contribution in [0.2, 0.25) is 0 Å². The van der Waals surface area contributed by atoms with Gasteiger partial charge in [0.2, 0.25) is 0 Å². The fraction of sp³-hybridized carbons (Fsp3) is 0.250. The van der Waals surface area contributed by atoms with Crippen molar-refractivity contribution in [3.05, 3.63) is 66.7 Å². The zero-order valence-electron chi connectivity index (χ0n) is 14.8. The predicted molar refractivity (Wildman–Crippen MR) is 102 cm³/mol. The molecular weight excluding hydrogens is 342 g/mol. The molecule has 7 nitrogen and oxygen atoms in total. The van der Waals surface area contributed by atoms with Gasteiger partial charge in [0.15, 0.2) is 11.4 Å². The van der Waals surface area contributed by atoms with Gasteiger partial charge in [-0.1, -0.05) is 18.2 Å². The molecule has 1 saturated heterocycles. The molecule has 0 radical (unpaired) electrons. The highest BCUT2D eigenvalue weighted by atomic mass is 16.5. The van der Waals surface area contributed by atoms with Crippen LogP contribution in [0.4, 0.5) is 5.69 Å². The van der Waals surface area contributed by atoms with Gasteiger partial charge in [0.1, 0.15) is 11.4 Å². The Kier molecular flexibility index (Phi) is 5.11. The molecular formula is C20H21N5O2. The van der Waals surface area contributed by atoms with E-state index in [-0.39, 0.29) is 11.9 Å². The van der Waals surface area contributed by atoms with E-state index in [0.717, 1.165) is 25.9 Å². The van der Waals surface area contributed by atoms with Crippen LogP contribution < -0.4 is 15.4 Å². The van der Waals surface area contributed by atoms with Crippen molar-refractivity contribution in [2.24, 2.45) is 0 Å². The Balaban J connectivity index is 1.48. The van der Waals surface area contributed by atoms with Gasteiger partial charge < -0.3 is 15.4 Å². The average molecular weight is 363 g/mol. The summed E-state index contributed by atoms with van der Waals surface area (Å²) in [5.41, 5.74) is 0.871. The van der Waals surface area contributed by atoms with Crippen molar-refractivity contribution in [1.29, 1.82) is 0 Å². The molecule has 2 aromatic heterocycles. The van der Waals surface area contributed by atoms with E-state index in [4.69, 9.17) is 4.74 Å². The van der Waals surface area contributed by atoms with E-state index in [1.54, 1.807) is 24.5 Å². The first-order valence-electron chi connectivity index (χ1n) is 9.04. The van der Waals surface area contributed by atoms with E-state index < -0.39 is 0 Å². The van der Waals surface area contributed by atoms with Crippen molar-refractivity contribution < 1.29 is 9.53 Å². The summed E-state index contributed by atoms with van der Waals surface area (Å²) >= 11 is 0. The summed E-state index contributed by atoms with van der Waals surface area (Å²) in [7, 11) is 0. The molecule has 1 aliphatic heterocycles. The minimum Gasteiger partial charge on any atom is -0.455 e. The summed E-state index contributed by atoms with van der Waals surface area (Å²) in [6.07, 6.45) is 7.23. The fourth-order valence-corrected chi connectivity index (χ4v) is 3.09. The number of carbonyl (C=O) groups is 1. The lowest BCUT2D eigenvalue weighted by molar-refractivity contribution is 0.102. The summed E-state index contributed by atoms with van der Waals surface area (Å²) in [5.74, 6) is 0.928. The second-order valence-corrected chi connectivity index (χ2v) is 6.42. The van der Waals surface area contributed by atoms with Gasteiger partial charge in [-0.25, -0.2) is 0 Å². The summed E-state index contributed by atoms with van der Waals surface area (Å²) in [4.78, 5) is 16.7. The van der Waals surface area contributed by atoms with Gasteiger partial charge in [-0.3, -0.25) is 14.5 Å². The Bertz CT molecular complexity index is 904. The molecule has 4 rings (SSSR count). The molecule has 7 heteroatoms. The quantitative estimate of drug-likeness (QED) is 0.727. The number of para-hydroxylation sites is 1. The number of carbonyl (C=O) groups excluding carboxylic acids is 1. The van der Waals surface area contributed by atoms with Crippen LogP contribution in [0.25, 0.3) is 0 Å². The van der Waals surface area contributed by atoms with E-state index in [2.05, 4.69) is 20.7 Å². The van der Waals surface area contributed by atoms with Gasteiger partial charge in [-0.2, -0.15) is 5.10 Å². The molecule has 1 unspecified atom stereocenters. The van der Waals surface area contributed by atoms with Gasteiger partial charge in [-0.15, -0.1) is 0 Å². The molecule has 1 aliphatic rings. The molecule has 0 aliphatic carbocycles. The smallest absolute Gasteiger partial charge is 0.276 e. The van der Waals surface area contributed by atoms with Crippen molar-refractivity contribution >= 4 is 11.6 Å². The van der Waals surface area contributed by atoms with Gasteiger partial charge in [0.25, 0.3) is 5.91 Å². The first-order chi connectivity index (χ1) is 13.3. The van der Waals surface area contributed by atoms with E-state index in [1.165, 1.54) is 0 Å². The number of hydrogen-bond donors (Lipinski definition) is 2. The van der Waals surface area contributed by atoms with E-state index in [0.29, 0.717) is 22.9 Å². The van der Waals surface area contributed by atoms with Crippen molar-refractivity contribution in [3.63, 3.8) is 0 Å². The second kappa shape index (κ2) is 8.01. The van der Waals surface area contributed by atoms with Crippen LogP contribution in [-0.4, -0.2) is 33.8 Å². The van der Waals surface area contributed by atoms with Crippen LogP contribution in [-0.2, 0) is 0 Å². The lowest BCUT2D eigenvalue weighted by Gasteiger charge is -2.22. The molecule has 1 fully saturated rings. The van der Waals surface area contributed by atoms with Gasteiger partial charge in [0.05, 0.1) is 12.2 Å². The maximum Gasteiger partial charge on any atom is 0.276 e. The van der Waals surface area contributed by atoms with Gasteiger partial charge in [0, 0.05) is 25.0 Å². The number of nitrogens with zero attached hydrogens (tertiary/aromatic N) is 3. The number of hydrogen-bond acceptors (Lipinski definition) is 5. The number of aromatic nitrogens is 3. The number of ether oxygens (including phenoxy) is 1. The minimum absolute atomic E-state index is 0.288. The number of benzene rings is 1. The molecule has 27 heavy (non-hydrogen) atoms. The zero-order chi connectivity index (χ0) is 18.5. The highest BCUT2D eigenvalue weighted by molar-refractivity contribution is 6.03. The standard InChI is InChI=1S/C20H21N5O2/c26-20(17-9-12-25(24-17)15-5-4-10-21-13-15)23-18-14-22-11-8-19(18)27-16-6-2-1-3-7-16/h1-3,6-9,11-12,14-15,21H,4-5,10,13H2,(H,23,26). The van der Waals surface area contributed by atoms with E-state index >= 15 is 0 Å². The monoisotopic (exact) mass is 363 g/mol. The number of piperidine rings is 1. The molecule has 3 heterocycles. The Morgan fingerprint density at radius 3 is 2.93 bits per heavy atom. The maximum absolute atomic E-state index is 12.6. The Hall–Kier alpha value is -3.19. The third-order valence-corrected chi connectivity index (χ3v) is 4.49. The second-order valence-electron chi connectivity index (χ2n) is 6.42. The third kappa shape index (κ3) is 4.15. The van der Waals surface area contributed by atoms with E-state index in [1.807, 2.05) is 41.2 Å². The fourth-order valence-electron chi connectivity index (χ4n) is 3.09. The predicted octanol–water partition coefficient (Wildman–Crippen LogP) is 3.25. The molecule has 138 valence electrons. The van der Waals surface area contributed by atoms with Crippen molar-refractivity contribution in [2.45, 2.75) is 18.9 Å². The Morgan fingerprint density at radius 1 is 1.22 bits per heavy atom. The Morgan fingerprint density at radius 2 is 2.11 bits per heavy atom. The van der Waals surface area contributed by atoms with Crippen LogP contribution in [0.15, 0.2) is 61.1 Å². The highest BCUT2D eigenvalue weighted by Gasteiger charge is 2.18. The SMILES string of the molecule is O=C(Nc1cnccc1Oc1ccccc1)c1ccn(C2CCCNC2)n1. The average Bonchev–Trinajstić information content (AvgIpc) is 3.21. The molecule has 1 aromatic carbocycles. The molecule has 2 N–H and O–H groups in total. The zero-order valence-corrected chi connectivity index (χ0v) is 14.8. The van der Waals surface area contributed by atoms with Crippen molar-refractivity contribution in [1.82, 2.24) is 20.1 Å². The normalized spacial score (nSPS) is 16.7. The van der Waals surface area contributed by atoms with Gasteiger partial charge in [-0.05, 0) is 37.6 Å². The van der Waals surface area contributed by atoms with Crippen LogP contribution in [0.3, 0.4) is 0 Å². The first kappa shape index (κ1) is 17.2. The largest absolute Gasteiger partial charge is 0.455 e. The summed E-state index contributed by atoms with van der Waals surface area (Å²) in [5, 5.41) is 10.6. The molecule has 0 bridgehead atoms. The molecule has 1 amide bonds.